The summed E-state index contributed by atoms with van der Waals surface area (Å²) < 4.78 is 5.79. The molecule has 0 aliphatic carbocycles. The molecule has 1 aliphatic rings. The van der Waals surface area contributed by atoms with Gasteiger partial charge >= 0.3 is 0 Å². The van der Waals surface area contributed by atoms with E-state index in [2.05, 4.69) is 16.8 Å². The quantitative estimate of drug-likeness (QED) is 0.826. The van der Waals surface area contributed by atoms with Gasteiger partial charge in [-0.1, -0.05) is 13.3 Å². The summed E-state index contributed by atoms with van der Waals surface area (Å²) in [5.41, 5.74) is 8.15. The second-order valence-electron chi connectivity index (χ2n) is 5.06. The summed E-state index contributed by atoms with van der Waals surface area (Å²) in [6.07, 6.45) is 3.74. The maximum atomic E-state index is 5.79. The lowest BCUT2D eigenvalue weighted by Gasteiger charge is -2.30. The number of nitrogens with zero attached hydrogens (tertiary/aromatic N) is 2. The van der Waals surface area contributed by atoms with E-state index in [-0.39, 0.29) is 0 Å². The summed E-state index contributed by atoms with van der Waals surface area (Å²) in [6, 6.07) is 6.34. The Morgan fingerprint density at radius 1 is 1.39 bits per heavy atom. The van der Waals surface area contributed by atoms with Gasteiger partial charge in [0.1, 0.15) is 5.52 Å². The monoisotopic (exact) mass is 245 g/mol. The Morgan fingerprint density at radius 3 is 2.89 bits per heavy atom. The highest BCUT2D eigenvalue weighted by Gasteiger charge is 2.21. The van der Waals surface area contributed by atoms with Crippen molar-refractivity contribution in [3.63, 3.8) is 0 Å². The van der Waals surface area contributed by atoms with E-state index in [1.54, 1.807) is 0 Å². The number of nitrogen functional groups attached to an aromatic ring is 1. The van der Waals surface area contributed by atoms with Gasteiger partial charge in [0, 0.05) is 18.8 Å². The third-order valence-corrected chi connectivity index (χ3v) is 3.86. The molecule has 18 heavy (non-hydrogen) atoms. The summed E-state index contributed by atoms with van der Waals surface area (Å²) in [7, 11) is 0. The number of rotatable bonds is 2. The molecule has 1 aliphatic heterocycles. The van der Waals surface area contributed by atoms with Crippen LogP contribution in [0.15, 0.2) is 22.6 Å². The maximum absolute atomic E-state index is 5.79. The standard InChI is InChI=1S/C14H19N3O/c1-2-10-5-7-17(8-6-10)14-16-12-9-11(15)3-4-13(12)18-14/h3-4,9-10H,2,5-8,15H2,1H3. The zero-order valence-electron chi connectivity index (χ0n) is 10.7. The van der Waals surface area contributed by atoms with E-state index in [1.807, 2.05) is 18.2 Å². The molecular weight excluding hydrogens is 226 g/mol. The number of anilines is 2. The second-order valence-corrected chi connectivity index (χ2v) is 5.06. The average Bonchev–Trinajstić information content (AvgIpc) is 2.81. The van der Waals surface area contributed by atoms with Gasteiger partial charge in [-0.3, -0.25) is 0 Å². The molecule has 1 aromatic carbocycles. The van der Waals surface area contributed by atoms with Gasteiger partial charge in [-0.05, 0) is 37.0 Å². The zero-order chi connectivity index (χ0) is 12.5. The van der Waals surface area contributed by atoms with Crippen LogP contribution >= 0.6 is 0 Å². The van der Waals surface area contributed by atoms with Crippen molar-refractivity contribution in [2.45, 2.75) is 26.2 Å². The molecule has 1 aromatic heterocycles. The van der Waals surface area contributed by atoms with Crippen LogP contribution in [0.2, 0.25) is 0 Å². The van der Waals surface area contributed by atoms with Gasteiger partial charge in [0.25, 0.3) is 6.01 Å². The van der Waals surface area contributed by atoms with Crippen molar-refractivity contribution in [2.24, 2.45) is 5.92 Å². The van der Waals surface area contributed by atoms with Crippen LogP contribution in [-0.2, 0) is 0 Å². The number of hydrogen-bond donors (Lipinski definition) is 1. The van der Waals surface area contributed by atoms with Gasteiger partial charge in [-0.2, -0.15) is 4.98 Å². The van der Waals surface area contributed by atoms with Gasteiger partial charge in [-0.25, -0.2) is 0 Å². The molecular formula is C14H19N3O. The summed E-state index contributed by atoms with van der Waals surface area (Å²) in [5.74, 6) is 0.862. The Bertz CT molecular complexity index is 541. The van der Waals surface area contributed by atoms with Crippen LogP contribution in [0.5, 0.6) is 0 Å². The third-order valence-electron chi connectivity index (χ3n) is 3.86. The normalized spacial score (nSPS) is 17.5. The fraction of sp³-hybridized carbons (Fsp3) is 0.500. The topological polar surface area (TPSA) is 55.3 Å². The van der Waals surface area contributed by atoms with Gasteiger partial charge in [0.2, 0.25) is 0 Å². The highest BCUT2D eigenvalue weighted by molar-refractivity contribution is 5.78. The fourth-order valence-corrected chi connectivity index (χ4v) is 2.60. The molecule has 2 aromatic rings. The SMILES string of the molecule is CCC1CCN(c2nc3cc(N)ccc3o2)CC1. The van der Waals surface area contributed by atoms with Gasteiger partial charge < -0.3 is 15.1 Å². The van der Waals surface area contributed by atoms with E-state index >= 15 is 0 Å². The molecule has 4 nitrogen and oxygen atoms in total. The molecule has 0 radical (unpaired) electrons. The molecule has 0 spiro atoms. The maximum Gasteiger partial charge on any atom is 0.298 e. The Labute approximate surface area is 107 Å². The van der Waals surface area contributed by atoms with Crippen molar-refractivity contribution in [1.29, 1.82) is 0 Å². The first-order valence-corrected chi connectivity index (χ1v) is 6.67. The zero-order valence-corrected chi connectivity index (χ0v) is 10.7. The van der Waals surface area contributed by atoms with Crippen molar-refractivity contribution < 1.29 is 4.42 Å². The minimum absolute atomic E-state index is 0.729. The van der Waals surface area contributed by atoms with Crippen molar-refractivity contribution >= 4 is 22.8 Å². The van der Waals surface area contributed by atoms with E-state index < -0.39 is 0 Å². The summed E-state index contributed by atoms with van der Waals surface area (Å²) in [5, 5.41) is 0. The molecule has 0 bridgehead atoms. The molecule has 96 valence electrons. The lowest BCUT2D eigenvalue weighted by Crippen LogP contribution is -2.33. The molecule has 4 heteroatoms. The minimum Gasteiger partial charge on any atom is -0.423 e. The number of hydrogen-bond acceptors (Lipinski definition) is 4. The molecule has 2 N–H and O–H groups in total. The Kier molecular flexibility index (Phi) is 2.86. The number of aromatic nitrogens is 1. The fourth-order valence-electron chi connectivity index (χ4n) is 2.60. The number of piperidine rings is 1. The van der Waals surface area contributed by atoms with Crippen molar-refractivity contribution in [3.05, 3.63) is 18.2 Å². The molecule has 2 heterocycles. The van der Waals surface area contributed by atoms with E-state index in [4.69, 9.17) is 10.2 Å². The molecule has 3 rings (SSSR count). The molecule has 0 amide bonds. The summed E-state index contributed by atoms with van der Waals surface area (Å²) in [6.45, 7) is 4.35. The highest BCUT2D eigenvalue weighted by Crippen LogP contribution is 2.28. The van der Waals surface area contributed by atoms with Crippen LogP contribution in [0.4, 0.5) is 11.7 Å². The van der Waals surface area contributed by atoms with Crippen molar-refractivity contribution in [3.8, 4) is 0 Å². The number of fused-ring (bicyclic) bond motifs is 1. The smallest absolute Gasteiger partial charge is 0.298 e. The van der Waals surface area contributed by atoms with E-state index in [0.29, 0.717) is 0 Å². The Balaban J connectivity index is 1.82. The van der Waals surface area contributed by atoms with Crippen LogP contribution in [0, 0.1) is 5.92 Å². The molecule has 1 saturated heterocycles. The van der Waals surface area contributed by atoms with Crippen LogP contribution < -0.4 is 10.6 Å². The van der Waals surface area contributed by atoms with Crippen molar-refractivity contribution in [1.82, 2.24) is 4.98 Å². The van der Waals surface area contributed by atoms with E-state index in [0.717, 1.165) is 41.8 Å². The van der Waals surface area contributed by atoms with Crippen LogP contribution in [0.3, 0.4) is 0 Å². The largest absolute Gasteiger partial charge is 0.423 e. The Morgan fingerprint density at radius 2 is 2.17 bits per heavy atom. The number of nitrogens with two attached hydrogens (primary N) is 1. The van der Waals surface area contributed by atoms with Gasteiger partial charge in [0.05, 0.1) is 0 Å². The summed E-state index contributed by atoms with van der Waals surface area (Å²) >= 11 is 0. The van der Waals surface area contributed by atoms with E-state index in [1.165, 1.54) is 19.3 Å². The second kappa shape index (κ2) is 4.52. The molecule has 0 atom stereocenters. The average molecular weight is 245 g/mol. The van der Waals surface area contributed by atoms with E-state index in [9.17, 15) is 0 Å². The van der Waals surface area contributed by atoms with Crippen LogP contribution in [0.25, 0.3) is 11.1 Å². The van der Waals surface area contributed by atoms with Gasteiger partial charge in [-0.15, -0.1) is 0 Å². The molecule has 0 saturated carbocycles. The lowest BCUT2D eigenvalue weighted by molar-refractivity contribution is 0.381. The predicted molar refractivity (Wildman–Crippen MR) is 73.6 cm³/mol. The third kappa shape index (κ3) is 2.03. The lowest BCUT2D eigenvalue weighted by atomic mass is 9.95. The summed E-state index contributed by atoms with van der Waals surface area (Å²) in [4.78, 5) is 6.77. The first-order valence-electron chi connectivity index (χ1n) is 6.67. The molecule has 0 unspecified atom stereocenters. The van der Waals surface area contributed by atoms with Gasteiger partial charge in [0.15, 0.2) is 5.58 Å². The first-order chi connectivity index (χ1) is 8.76. The first kappa shape index (κ1) is 11.4. The van der Waals surface area contributed by atoms with Crippen LogP contribution in [0.1, 0.15) is 26.2 Å². The highest BCUT2D eigenvalue weighted by atomic mass is 16.4. The minimum atomic E-state index is 0.729. The predicted octanol–water partition coefficient (Wildman–Crippen LogP) is 3.04. The Hall–Kier alpha value is -1.71. The molecule has 1 fully saturated rings. The number of benzene rings is 1. The van der Waals surface area contributed by atoms with Crippen LogP contribution in [-0.4, -0.2) is 18.1 Å². The number of oxazole rings is 1. The van der Waals surface area contributed by atoms with Crippen molar-refractivity contribution in [2.75, 3.05) is 23.7 Å².